The molecule has 4 aliphatic rings. The first kappa shape index (κ1) is 27.6. The Labute approximate surface area is 240 Å². The maximum atomic E-state index is 13.3. The van der Waals surface area contributed by atoms with Crippen molar-refractivity contribution < 1.29 is 23.1 Å². The van der Waals surface area contributed by atoms with Crippen LogP contribution in [-0.2, 0) is 26.7 Å². The van der Waals surface area contributed by atoms with E-state index in [-0.39, 0.29) is 22.1 Å². The van der Waals surface area contributed by atoms with Crippen LogP contribution in [0, 0.1) is 11.8 Å². The number of aliphatic hydroxyl groups is 1. The lowest BCUT2D eigenvalue weighted by molar-refractivity contribution is -0.120. The fraction of sp³-hybridized carbons (Fsp3) is 0.500. The number of amides is 1. The first-order valence-corrected chi connectivity index (χ1v) is 16.0. The second kappa shape index (κ2) is 10.7. The van der Waals surface area contributed by atoms with Crippen molar-refractivity contribution in [2.24, 2.45) is 11.8 Å². The number of sulfonamides is 1. The minimum absolute atomic E-state index is 0.0179. The molecule has 0 radical (unpaired) electrons. The SMILES string of the molecule is C[C@H]1NCC=C[C@H](O)[C@@H]2CC[C@H]2CN2C[C@@]3(CCCc4cc(Cl)ccc43)COc3ccc(cc32)S(=O)(=O)NC1=O. The summed E-state index contributed by atoms with van der Waals surface area (Å²) in [6, 6.07) is 10.2. The van der Waals surface area contributed by atoms with Gasteiger partial charge < -0.3 is 20.1 Å². The van der Waals surface area contributed by atoms with Crippen LogP contribution < -0.4 is 19.7 Å². The fourth-order valence-corrected chi connectivity index (χ4v) is 8.05. The topological polar surface area (TPSA) is 108 Å². The number of hydrogen-bond acceptors (Lipinski definition) is 7. The molecule has 2 aromatic carbocycles. The number of nitrogens with one attached hydrogen (secondary N) is 2. The molecule has 214 valence electrons. The van der Waals surface area contributed by atoms with E-state index in [4.69, 9.17) is 16.3 Å². The minimum atomic E-state index is -4.11. The van der Waals surface area contributed by atoms with Crippen LogP contribution in [-0.4, -0.2) is 57.8 Å². The number of carbonyl (C=O) groups excluding carboxylic acids is 1. The molecule has 3 N–H and O–H groups in total. The van der Waals surface area contributed by atoms with E-state index in [1.807, 2.05) is 12.1 Å². The Morgan fingerprint density at radius 3 is 2.83 bits per heavy atom. The molecule has 10 heteroatoms. The van der Waals surface area contributed by atoms with Crippen molar-refractivity contribution in [2.75, 3.05) is 31.1 Å². The third-order valence-electron chi connectivity index (χ3n) is 9.19. The predicted molar refractivity (Wildman–Crippen MR) is 154 cm³/mol. The molecule has 5 atom stereocenters. The molecule has 1 spiro atoms. The Balaban J connectivity index is 1.43. The van der Waals surface area contributed by atoms with E-state index < -0.39 is 28.1 Å². The molecule has 40 heavy (non-hydrogen) atoms. The molecule has 6 rings (SSSR count). The van der Waals surface area contributed by atoms with Gasteiger partial charge in [0.05, 0.1) is 29.3 Å². The monoisotopic (exact) mass is 585 g/mol. The molecular weight excluding hydrogens is 550 g/mol. The quantitative estimate of drug-likeness (QED) is 0.406. The number of nitrogens with zero attached hydrogens (tertiary/aromatic N) is 1. The van der Waals surface area contributed by atoms with Gasteiger partial charge in [-0.05, 0) is 92.3 Å². The highest BCUT2D eigenvalue weighted by atomic mass is 35.5. The van der Waals surface area contributed by atoms with Gasteiger partial charge in [0.15, 0.2) is 0 Å². The Morgan fingerprint density at radius 1 is 1.18 bits per heavy atom. The van der Waals surface area contributed by atoms with E-state index in [2.05, 4.69) is 27.1 Å². The maximum absolute atomic E-state index is 13.3. The number of anilines is 1. The third kappa shape index (κ3) is 5.13. The molecule has 2 heterocycles. The second-order valence-electron chi connectivity index (χ2n) is 11.8. The highest BCUT2D eigenvalue weighted by Gasteiger charge is 2.44. The standard InChI is InChI=1S/C30H36ClN3O5S/c1-19-29(36)33-40(37,38)23-8-11-28-26(15-23)34(16-21-6-9-24(21)27(35)5-3-13-32-19)17-30(18-39-28)12-2-4-20-14-22(31)7-10-25(20)30/h3,5,7-8,10-11,14-15,19,21,24,27,32,35H,2,4,6,9,12-13,16-18H2,1H3,(H,33,36)/t19-,21+,24-,27+,30+/m1/s1. The molecule has 1 fully saturated rings. The van der Waals surface area contributed by atoms with Gasteiger partial charge in [0.25, 0.3) is 15.9 Å². The van der Waals surface area contributed by atoms with Crippen molar-refractivity contribution in [3.63, 3.8) is 0 Å². The van der Waals surface area contributed by atoms with E-state index in [1.165, 1.54) is 17.2 Å². The normalized spacial score (nSPS) is 31.7. The predicted octanol–water partition coefficient (Wildman–Crippen LogP) is 3.55. The van der Waals surface area contributed by atoms with Crippen LogP contribution in [0.2, 0.25) is 5.02 Å². The largest absolute Gasteiger partial charge is 0.490 e. The summed E-state index contributed by atoms with van der Waals surface area (Å²) in [6.07, 6.45) is 7.85. The third-order valence-corrected chi connectivity index (χ3v) is 10.8. The van der Waals surface area contributed by atoms with Crippen molar-refractivity contribution in [3.05, 3.63) is 64.7 Å². The van der Waals surface area contributed by atoms with Crippen LogP contribution in [0.1, 0.15) is 43.7 Å². The van der Waals surface area contributed by atoms with E-state index in [1.54, 1.807) is 25.1 Å². The molecule has 0 aromatic heterocycles. The summed E-state index contributed by atoms with van der Waals surface area (Å²) in [6.45, 7) is 3.75. The van der Waals surface area contributed by atoms with Crippen LogP contribution in [0.5, 0.6) is 5.75 Å². The highest BCUT2D eigenvalue weighted by Crippen LogP contribution is 2.47. The van der Waals surface area contributed by atoms with Crippen LogP contribution in [0.4, 0.5) is 5.69 Å². The van der Waals surface area contributed by atoms with Crippen LogP contribution in [0.3, 0.4) is 0 Å². The zero-order valence-electron chi connectivity index (χ0n) is 22.6. The van der Waals surface area contributed by atoms with Gasteiger partial charge >= 0.3 is 0 Å². The molecule has 2 bridgehead atoms. The average Bonchev–Trinajstić information content (AvgIpc) is 3.05. The summed E-state index contributed by atoms with van der Waals surface area (Å²) in [5.41, 5.74) is 2.88. The summed E-state index contributed by atoms with van der Waals surface area (Å²) in [5, 5.41) is 14.7. The van der Waals surface area contributed by atoms with E-state index in [0.29, 0.717) is 37.7 Å². The van der Waals surface area contributed by atoms with Crippen LogP contribution >= 0.6 is 11.6 Å². The summed E-state index contributed by atoms with van der Waals surface area (Å²) >= 11 is 6.36. The minimum Gasteiger partial charge on any atom is -0.490 e. The first-order chi connectivity index (χ1) is 19.1. The van der Waals surface area contributed by atoms with Gasteiger partial charge in [-0.2, -0.15) is 0 Å². The second-order valence-corrected chi connectivity index (χ2v) is 13.9. The average molecular weight is 586 g/mol. The summed E-state index contributed by atoms with van der Waals surface area (Å²) in [4.78, 5) is 15.0. The lowest BCUT2D eigenvalue weighted by Gasteiger charge is -2.45. The smallest absolute Gasteiger partial charge is 0.264 e. The zero-order valence-corrected chi connectivity index (χ0v) is 24.2. The van der Waals surface area contributed by atoms with E-state index in [0.717, 1.165) is 37.1 Å². The molecule has 2 aromatic rings. The first-order valence-electron chi connectivity index (χ1n) is 14.1. The number of rotatable bonds is 0. The lowest BCUT2D eigenvalue weighted by atomic mass is 9.68. The molecule has 1 saturated carbocycles. The van der Waals surface area contributed by atoms with Crippen molar-refractivity contribution in [3.8, 4) is 5.75 Å². The molecular formula is C30H36ClN3O5S. The number of benzene rings is 2. The lowest BCUT2D eigenvalue weighted by Crippen LogP contribution is -2.49. The van der Waals surface area contributed by atoms with Gasteiger partial charge in [-0.25, -0.2) is 13.1 Å². The molecule has 1 amide bonds. The number of ether oxygens (including phenoxy) is 1. The highest BCUT2D eigenvalue weighted by molar-refractivity contribution is 7.90. The Hall–Kier alpha value is -2.59. The number of hydrogen-bond donors (Lipinski definition) is 3. The number of carbonyl (C=O) groups is 1. The summed E-state index contributed by atoms with van der Waals surface area (Å²) < 4.78 is 35.3. The number of halogens is 1. The number of fused-ring (bicyclic) bond motifs is 4. The Bertz CT molecular complexity index is 1450. The van der Waals surface area contributed by atoms with Crippen molar-refractivity contribution in [1.82, 2.24) is 10.0 Å². The van der Waals surface area contributed by atoms with Gasteiger partial charge in [0, 0.05) is 30.1 Å². The molecule has 2 aliphatic heterocycles. The molecule has 8 nitrogen and oxygen atoms in total. The van der Waals surface area contributed by atoms with Crippen LogP contribution in [0.15, 0.2) is 53.4 Å². The van der Waals surface area contributed by atoms with Crippen molar-refractivity contribution in [2.45, 2.75) is 61.5 Å². The van der Waals surface area contributed by atoms with E-state index in [9.17, 15) is 18.3 Å². The van der Waals surface area contributed by atoms with Crippen LogP contribution in [0.25, 0.3) is 0 Å². The zero-order chi connectivity index (χ0) is 28.1. The van der Waals surface area contributed by atoms with Gasteiger partial charge in [-0.15, -0.1) is 0 Å². The maximum Gasteiger partial charge on any atom is 0.264 e. The summed E-state index contributed by atoms with van der Waals surface area (Å²) in [5.74, 6) is 0.337. The molecule has 0 saturated heterocycles. The summed E-state index contributed by atoms with van der Waals surface area (Å²) in [7, 11) is -4.11. The van der Waals surface area contributed by atoms with Gasteiger partial charge in [0.1, 0.15) is 5.75 Å². The van der Waals surface area contributed by atoms with Gasteiger partial charge in [-0.3, -0.25) is 4.79 Å². The molecule has 0 unspecified atom stereocenters. The van der Waals surface area contributed by atoms with Crippen molar-refractivity contribution in [1.29, 1.82) is 0 Å². The molecule has 2 aliphatic carbocycles. The van der Waals surface area contributed by atoms with Gasteiger partial charge in [-0.1, -0.05) is 29.8 Å². The number of aryl methyl sites for hydroxylation is 1. The van der Waals surface area contributed by atoms with Gasteiger partial charge in [0.2, 0.25) is 0 Å². The van der Waals surface area contributed by atoms with Crippen molar-refractivity contribution >= 4 is 33.2 Å². The number of aliphatic hydroxyl groups excluding tert-OH is 1. The Kier molecular flexibility index (Phi) is 7.36. The fourth-order valence-electron chi connectivity index (χ4n) is 6.78. The van der Waals surface area contributed by atoms with E-state index >= 15 is 0 Å². The Morgan fingerprint density at radius 2 is 2.02 bits per heavy atom.